The van der Waals surface area contributed by atoms with Gasteiger partial charge < -0.3 is 5.32 Å². The van der Waals surface area contributed by atoms with Gasteiger partial charge in [0.2, 0.25) is 0 Å². The minimum Gasteiger partial charge on any atom is -0.309 e. The molecule has 2 heteroatoms. The summed E-state index contributed by atoms with van der Waals surface area (Å²) in [5.41, 5.74) is 0. The molecule has 0 spiro atoms. The molecule has 0 amide bonds. The summed E-state index contributed by atoms with van der Waals surface area (Å²) in [6.07, 6.45) is 9.04. The molecule has 0 aromatic heterocycles. The van der Waals surface area contributed by atoms with Crippen LogP contribution in [0.25, 0.3) is 0 Å². The van der Waals surface area contributed by atoms with Gasteiger partial charge in [0.1, 0.15) is 0 Å². The maximum absolute atomic E-state index is 4.06. The predicted molar refractivity (Wildman–Crippen MR) is 72.3 cm³/mol. The maximum atomic E-state index is 4.06. The SMILES string of the molecule is CC1CC(NC2C3C4CCC(C4)C23)CN1C1CC1. The van der Waals surface area contributed by atoms with Crippen molar-refractivity contribution >= 4 is 0 Å². The highest BCUT2D eigenvalue weighted by Crippen LogP contribution is 2.65. The lowest BCUT2D eigenvalue weighted by Crippen LogP contribution is -2.37. The molecule has 6 atom stereocenters. The van der Waals surface area contributed by atoms with Crippen molar-refractivity contribution in [1.82, 2.24) is 10.2 Å². The summed E-state index contributed by atoms with van der Waals surface area (Å²) >= 11 is 0. The lowest BCUT2D eigenvalue weighted by atomic mass is 10.0. The van der Waals surface area contributed by atoms with E-state index in [1.807, 2.05) is 0 Å². The van der Waals surface area contributed by atoms with Gasteiger partial charge >= 0.3 is 0 Å². The number of hydrogen-bond donors (Lipinski definition) is 1. The Labute approximate surface area is 110 Å². The van der Waals surface area contributed by atoms with Gasteiger partial charge in [0.05, 0.1) is 0 Å². The number of nitrogens with zero attached hydrogens (tertiary/aromatic N) is 1. The van der Waals surface area contributed by atoms with Gasteiger partial charge in [-0.3, -0.25) is 4.90 Å². The number of likely N-dealkylation sites (tertiary alicyclic amines) is 1. The first-order valence-corrected chi connectivity index (χ1v) is 8.33. The first-order valence-electron chi connectivity index (χ1n) is 8.33. The summed E-state index contributed by atoms with van der Waals surface area (Å²) in [6, 6.07) is 3.55. The van der Waals surface area contributed by atoms with E-state index in [0.717, 1.165) is 47.8 Å². The highest BCUT2D eigenvalue weighted by molar-refractivity contribution is 5.17. The fraction of sp³-hybridized carbons (Fsp3) is 1.00. The molecule has 100 valence electrons. The van der Waals surface area contributed by atoms with Gasteiger partial charge in [-0.2, -0.15) is 0 Å². The fourth-order valence-electron chi connectivity index (χ4n) is 5.91. The number of nitrogens with one attached hydrogen (secondary N) is 1. The Hall–Kier alpha value is -0.0800. The second-order valence-corrected chi connectivity index (χ2v) is 7.89. The molecular weight excluding hydrogens is 220 g/mol. The minimum absolute atomic E-state index is 0.815. The minimum atomic E-state index is 0.815. The van der Waals surface area contributed by atoms with Crippen molar-refractivity contribution in [2.24, 2.45) is 23.7 Å². The molecule has 18 heavy (non-hydrogen) atoms. The topological polar surface area (TPSA) is 15.3 Å². The molecule has 5 aliphatic rings. The molecule has 0 radical (unpaired) electrons. The van der Waals surface area contributed by atoms with Crippen molar-refractivity contribution in [3.05, 3.63) is 0 Å². The van der Waals surface area contributed by atoms with Crippen LogP contribution in [-0.4, -0.2) is 35.6 Å². The molecule has 0 aromatic carbocycles. The zero-order valence-electron chi connectivity index (χ0n) is 11.5. The summed E-state index contributed by atoms with van der Waals surface area (Å²) in [7, 11) is 0. The van der Waals surface area contributed by atoms with Crippen molar-refractivity contribution in [3.63, 3.8) is 0 Å². The monoisotopic (exact) mass is 246 g/mol. The van der Waals surface area contributed by atoms with Gasteiger partial charge in [-0.1, -0.05) is 0 Å². The van der Waals surface area contributed by atoms with Crippen LogP contribution in [0, 0.1) is 23.7 Å². The highest BCUT2D eigenvalue weighted by atomic mass is 15.3. The number of fused-ring (bicyclic) bond motifs is 5. The summed E-state index contributed by atoms with van der Waals surface area (Å²) in [5.74, 6) is 4.45. The van der Waals surface area contributed by atoms with Gasteiger partial charge in [0.25, 0.3) is 0 Å². The van der Waals surface area contributed by atoms with Crippen LogP contribution in [0.3, 0.4) is 0 Å². The Bertz CT molecular complexity index is 348. The first kappa shape index (κ1) is 10.7. The standard InChI is InChI=1S/C16H26N2/c1-9-6-12(8-18(9)13-4-5-13)17-16-14-10-2-3-11(7-10)15(14)16/h9-17H,2-8H2,1H3. The summed E-state index contributed by atoms with van der Waals surface area (Å²) < 4.78 is 0. The Balaban J connectivity index is 1.22. The Morgan fingerprint density at radius 3 is 2.33 bits per heavy atom. The summed E-state index contributed by atoms with van der Waals surface area (Å²) in [5, 5.41) is 4.06. The van der Waals surface area contributed by atoms with E-state index in [4.69, 9.17) is 0 Å². The van der Waals surface area contributed by atoms with Gasteiger partial charge in [-0.15, -0.1) is 0 Å². The lowest BCUT2D eigenvalue weighted by molar-refractivity contribution is 0.254. The van der Waals surface area contributed by atoms with Crippen molar-refractivity contribution in [2.75, 3.05) is 6.54 Å². The number of hydrogen-bond acceptors (Lipinski definition) is 2. The molecular formula is C16H26N2. The van der Waals surface area contributed by atoms with E-state index < -0.39 is 0 Å². The number of rotatable bonds is 3. The van der Waals surface area contributed by atoms with Gasteiger partial charge in [-0.05, 0) is 69.1 Å². The average molecular weight is 246 g/mol. The smallest absolute Gasteiger partial charge is 0.0212 e. The van der Waals surface area contributed by atoms with Crippen LogP contribution >= 0.6 is 0 Å². The average Bonchev–Trinajstić information content (AvgIpc) is 3.20. The van der Waals surface area contributed by atoms with Gasteiger partial charge in [-0.25, -0.2) is 0 Å². The zero-order chi connectivity index (χ0) is 11.9. The van der Waals surface area contributed by atoms with E-state index in [1.165, 1.54) is 25.8 Å². The molecule has 1 saturated heterocycles. The molecule has 5 fully saturated rings. The van der Waals surface area contributed by atoms with E-state index in [0.29, 0.717) is 0 Å². The molecule has 6 unspecified atom stereocenters. The normalized spacial score (nSPS) is 58.2. The maximum Gasteiger partial charge on any atom is 0.0212 e. The third-order valence-corrected chi connectivity index (χ3v) is 6.80. The Morgan fingerprint density at radius 2 is 1.67 bits per heavy atom. The van der Waals surface area contributed by atoms with E-state index >= 15 is 0 Å². The third-order valence-electron chi connectivity index (χ3n) is 6.80. The largest absolute Gasteiger partial charge is 0.309 e. The van der Waals surface area contributed by atoms with Crippen molar-refractivity contribution < 1.29 is 0 Å². The molecule has 4 aliphatic carbocycles. The third kappa shape index (κ3) is 1.42. The second kappa shape index (κ2) is 3.52. The zero-order valence-corrected chi connectivity index (χ0v) is 11.5. The Kier molecular flexibility index (Phi) is 2.09. The molecule has 0 aromatic rings. The fourth-order valence-corrected chi connectivity index (χ4v) is 5.91. The van der Waals surface area contributed by atoms with E-state index in [2.05, 4.69) is 17.1 Å². The van der Waals surface area contributed by atoms with Crippen LogP contribution in [0.4, 0.5) is 0 Å². The van der Waals surface area contributed by atoms with Crippen LogP contribution in [0.2, 0.25) is 0 Å². The quantitative estimate of drug-likeness (QED) is 0.821. The highest BCUT2D eigenvalue weighted by Gasteiger charge is 2.65. The molecule has 2 nitrogen and oxygen atoms in total. The van der Waals surface area contributed by atoms with Gasteiger partial charge in [0, 0.05) is 30.7 Å². The molecule has 4 saturated carbocycles. The van der Waals surface area contributed by atoms with Crippen LogP contribution in [0.1, 0.15) is 45.4 Å². The first-order chi connectivity index (χ1) is 8.81. The van der Waals surface area contributed by atoms with E-state index in [-0.39, 0.29) is 0 Å². The molecule has 2 bridgehead atoms. The van der Waals surface area contributed by atoms with E-state index in [9.17, 15) is 0 Å². The van der Waals surface area contributed by atoms with Crippen LogP contribution in [0.15, 0.2) is 0 Å². The lowest BCUT2D eigenvalue weighted by Gasteiger charge is -2.20. The molecule has 1 aliphatic heterocycles. The van der Waals surface area contributed by atoms with Gasteiger partial charge in [0.15, 0.2) is 0 Å². The molecule has 1 heterocycles. The van der Waals surface area contributed by atoms with Crippen molar-refractivity contribution in [2.45, 2.75) is 69.6 Å². The van der Waals surface area contributed by atoms with Crippen molar-refractivity contribution in [3.8, 4) is 0 Å². The second-order valence-electron chi connectivity index (χ2n) is 7.89. The van der Waals surface area contributed by atoms with Crippen LogP contribution in [-0.2, 0) is 0 Å². The van der Waals surface area contributed by atoms with Crippen molar-refractivity contribution in [1.29, 1.82) is 0 Å². The molecule has 1 N–H and O–H groups in total. The molecule has 5 rings (SSSR count). The van der Waals surface area contributed by atoms with E-state index in [1.54, 1.807) is 19.3 Å². The summed E-state index contributed by atoms with van der Waals surface area (Å²) in [6.45, 7) is 3.79. The van der Waals surface area contributed by atoms with Crippen LogP contribution in [0.5, 0.6) is 0 Å². The predicted octanol–water partition coefficient (Wildman–Crippen LogP) is 2.25. The summed E-state index contributed by atoms with van der Waals surface area (Å²) in [4.78, 5) is 2.78. The van der Waals surface area contributed by atoms with Crippen LogP contribution < -0.4 is 5.32 Å². The Morgan fingerprint density at radius 1 is 0.944 bits per heavy atom.